The van der Waals surface area contributed by atoms with Gasteiger partial charge in [0.1, 0.15) is 0 Å². The lowest BCUT2D eigenvalue weighted by molar-refractivity contribution is 1.17. The molecule has 0 radical (unpaired) electrons. The van der Waals surface area contributed by atoms with Crippen LogP contribution in [0.1, 0.15) is 11.1 Å². The largest absolute Gasteiger partial charge is 0.310 e. The van der Waals surface area contributed by atoms with Crippen molar-refractivity contribution in [3.63, 3.8) is 0 Å². The zero-order valence-electron chi connectivity index (χ0n) is 40.5. The van der Waals surface area contributed by atoms with Gasteiger partial charge in [0.15, 0.2) is 0 Å². The fourth-order valence-electron chi connectivity index (χ4n) is 11.2. The smallest absolute Gasteiger partial charge is 0.0541 e. The molecule has 0 atom stereocenters. The molecule has 12 aromatic carbocycles. The number of aromatic nitrogens is 2. The van der Waals surface area contributed by atoms with Crippen LogP contribution in [0.25, 0.3) is 88.7 Å². The molecule has 0 aliphatic rings. The van der Waals surface area contributed by atoms with Crippen LogP contribution >= 0.6 is 0 Å². The quantitative estimate of drug-likeness (QED) is 0.127. The summed E-state index contributed by atoms with van der Waals surface area (Å²) in [4.78, 5) is 4.76. The van der Waals surface area contributed by atoms with Crippen molar-refractivity contribution in [3.05, 3.63) is 290 Å². The Morgan fingerprint density at radius 1 is 0.230 bits per heavy atom. The van der Waals surface area contributed by atoms with E-state index < -0.39 is 0 Å². The average molecular weight is 945 g/mol. The zero-order chi connectivity index (χ0) is 49.0. The van der Waals surface area contributed by atoms with E-state index >= 15 is 0 Å². The molecule has 0 unspecified atom stereocenters. The number of para-hydroxylation sites is 4. The van der Waals surface area contributed by atoms with Crippen LogP contribution in [0.15, 0.2) is 279 Å². The molecule has 348 valence electrons. The van der Waals surface area contributed by atoms with E-state index in [4.69, 9.17) is 0 Å². The molecule has 2 heterocycles. The summed E-state index contributed by atoms with van der Waals surface area (Å²) < 4.78 is 4.75. The van der Waals surface area contributed by atoms with Crippen LogP contribution in [-0.4, -0.2) is 9.13 Å². The predicted molar refractivity (Wildman–Crippen MR) is 315 cm³/mol. The molecule has 4 nitrogen and oxygen atoms in total. The summed E-state index contributed by atoms with van der Waals surface area (Å²) in [5.74, 6) is 0. The number of nitrogens with zero attached hydrogens (tertiary/aromatic N) is 4. The van der Waals surface area contributed by atoms with E-state index in [-0.39, 0.29) is 0 Å². The highest BCUT2D eigenvalue weighted by molar-refractivity contribution is 6.10. The summed E-state index contributed by atoms with van der Waals surface area (Å²) in [6.45, 7) is 0. The summed E-state index contributed by atoms with van der Waals surface area (Å²) in [5, 5.41) is 9.84. The van der Waals surface area contributed by atoms with Crippen LogP contribution in [-0.2, 0) is 0 Å². The highest BCUT2D eigenvalue weighted by atomic mass is 15.2. The number of fused-ring (bicyclic) bond motifs is 8. The lowest BCUT2D eigenvalue weighted by atomic mass is 10.1. The van der Waals surface area contributed by atoms with Crippen molar-refractivity contribution in [2.75, 3.05) is 9.80 Å². The Hall–Kier alpha value is -9.90. The maximum absolute atomic E-state index is 2.38. The van der Waals surface area contributed by atoms with Crippen LogP contribution in [0.5, 0.6) is 0 Å². The first-order chi connectivity index (χ1) is 36.7. The van der Waals surface area contributed by atoms with E-state index in [9.17, 15) is 0 Å². The standard InChI is InChI=1S/C70H48N4/c1-3-19-59-51(15-1)17-13-29-65(59)71(55-41-45-57(46-42-55)73-67-25-9-5-21-61(67)62-22-6-10-26-68(62)73)53-37-33-49(34-38-53)31-32-50-35-39-54(40-36-50)72(66-30-14-18-52-16-2-4-20-60(52)66)56-43-47-58(48-44-56)74-69-27-11-7-23-63(69)64-24-8-12-28-70(64)74/h1-48H. The van der Waals surface area contributed by atoms with Crippen LogP contribution in [0.2, 0.25) is 0 Å². The fraction of sp³-hybridized carbons (Fsp3) is 0. The second-order valence-electron chi connectivity index (χ2n) is 19.0. The summed E-state index contributed by atoms with van der Waals surface area (Å²) in [7, 11) is 0. The summed E-state index contributed by atoms with van der Waals surface area (Å²) in [5.41, 5.74) is 15.9. The van der Waals surface area contributed by atoms with Gasteiger partial charge in [-0.15, -0.1) is 0 Å². The first-order valence-electron chi connectivity index (χ1n) is 25.3. The molecule has 0 saturated carbocycles. The van der Waals surface area contributed by atoms with Crippen molar-refractivity contribution in [1.29, 1.82) is 0 Å². The van der Waals surface area contributed by atoms with Crippen molar-refractivity contribution >= 4 is 111 Å². The number of anilines is 6. The zero-order valence-corrected chi connectivity index (χ0v) is 40.5. The Balaban J connectivity index is 0.779. The van der Waals surface area contributed by atoms with E-state index in [1.165, 1.54) is 65.2 Å². The second kappa shape index (κ2) is 18.1. The predicted octanol–water partition coefficient (Wildman–Crippen LogP) is 19.3. The maximum atomic E-state index is 2.38. The van der Waals surface area contributed by atoms with Gasteiger partial charge in [-0.05, 0) is 131 Å². The van der Waals surface area contributed by atoms with Gasteiger partial charge in [0.25, 0.3) is 0 Å². The molecule has 4 heteroatoms. The highest BCUT2D eigenvalue weighted by Crippen LogP contribution is 2.42. The minimum absolute atomic E-state index is 1.09. The number of hydrogen-bond donors (Lipinski definition) is 0. The summed E-state index contributed by atoms with van der Waals surface area (Å²) in [6.07, 6.45) is 4.41. The average Bonchev–Trinajstić information content (AvgIpc) is 4.00. The normalized spacial score (nSPS) is 11.7. The van der Waals surface area contributed by atoms with Gasteiger partial charge in [-0.1, -0.05) is 182 Å². The molecule has 14 rings (SSSR count). The van der Waals surface area contributed by atoms with Gasteiger partial charge in [0.2, 0.25) is 0 Å². The van der Waals surface area contributed by atoms with Gasteiger partial charge in [-0.2, -0.15) is 0 Å². The monoisotopic (exact) mass is 944 g/mol. The number of rotatable bonds is 10. The van der Waals surface area contributed by atoms with Crippen LogP contribution < -0.4 is 9.80 Å². The van der Waals surface area contributed by atoms with Crippen LogP contribution in [0, 0.1) is 0 Å². The minimum atomic E-state index is 1.09. The summed E-state index contributed by atoms with van der Waals surface area (Å²) >= 11 is 0. The SMILES string of the molecule is C(=Cc1ccc(N(c2ccc(-n3c4ccccc4c4ccccc43)cc2)c2cccc3ccccc23)cc1)c1ccc(N(c2ccc(-n3c4ccccc4c4ccccc43)cc2)c2cccc3ccccc23)cc1. The third-order valence-corrected chi connectivity index (χ3v) is 14.7. The van der Waals surface area contributed by atoms with Gasteiger partial charge in [-0.25, -0.2) is 0 Å². The van der Waals surface area contributed by atoms with E-state index in [2.05, 4.69) is 310 Å². The van der Waals surface area contributed by atoms with Crippen molar-refractivity contribution < 1.29 is 0 Å². The summed E-state index contributed by atoms with van der Waals surface area (Å²) in [6, 6.07) is 101. The third-order valence-electron chi connectivity index (χ3n) is 14.7. The topological polar surface area (TPSA) is 16.3 Å². The van der Waals surface area contributed by atoms with Crippen LogP contribution in [0.3, 0.4) is 0 Å². The molecule has 0 N–H and O–H groups in total. The Labute approximate surface area is 429 Å². The molecule has 0 amide bonds. The molecule has 0 fully saturated rings. The second-order valence-corrected chi connectivity index (χ2v) is 19.0. The lowest BCUT2D eigenvalue weighted by Crippen LogP contribution is -2.10. The van der Waals surface area contributed by atoms with Crippen molar-refractivity contribution in [2.45, 2.75) is 0 Å². The molecule has 14 aromatic rings. The molecule has 0 aliphatic carbocycles. The minimum Gasteiger partial charge on any atom is -0.310 e. The molecular weight excluding hydrogens is 897 g/mol. The fourth-order valence-corrected chi connectivity index (χ4v) is 11.2. The van der Waals surface area contributed by atoms with Crippen LogP contribution in [0.4, 0.5) is 34.1 Å². The Kier molecular flexibility index (Phi) is 10.5. The molecule has 2 aromatic heterocycles. The highest BCUT2D eigenvalue weighted by Gasteiger charge is 2.19. The van der Waals surface area contributed by atoms with E-state index in [1.807, 2.05) is 0 Å². The van der Waals surface area contributed by atoms with Gasteiger partial charge in [-0.3, -0.25) is 0 Å². The number of hydrogen-bond acceptors (Lipinski definition) is 2. The first kappa shape index (κ1) is 42.9. The molecule has 0 aliphatic heterocycles. The number of benzene rings is 12. The molecule has 0 bridgehead atoms. The molecule has 0 saturated heterocycles. The molecular formula is C70H48N4. The van der Waals surface area contributed by atoms with Crippen molar-refractivity contribution in [2.24, 2.45) is 0 Å². The molecule has 0 spiro atoms. The Morgan fingerprint density at radius 3 is 0.838 bits per heavy atom. The van der Waals surface area contributed by atoms with Gasteiger partial charge in [0, 0.05) is 66.4 Å². The Morgan fingerprint density at radius 2 is 0.500 bits per heavy atom. The van der Waals surface area contributed by atoms with E-state index in [0.717, 1.165) is 56.6 Å². The molecule has 74 heavy (non-hydrogen) atoms. The van der Waals surface area contributed by atoms with Crippen molar-refractivity contribution in [3.8, 4) is 11.4 Å². The maximum Gasteiger partial charge on any atom is 0.0541 e. The van der Waals surface area contributed by atoms with E-state index in [0.29, 0.717) is 0 Å². The first-order valence-corrected chi connectivity index (χ1v) is 25.3. The lowest BCUT2D eigenvalue weighted by Gasteiger charge is -2.27. The van der Waals surface area contributed by atoms with Gasteiger partial charge < -0.3 is 18.9 Å². The van der Waals surface area contributed by atoms with Gasteiger partial charge in [0.05, 0.1) is 33.4 Å². The third kappa shape index (κ3) is 7.39. The van der Waals surface area contributed by atoms with E-state index in [1.54, 1.807) is 0 Å². The Bertz CT molecular complexity index is 4000. The van der Waals surface area contributed by atoms with Crippen molar-refractivity contribution in [1.82, 2.24) is 9.13 Å². The van der Waals surface area contributed by atoms with Gasteiger partial charge >= 0.3 is 0 Å².